The quantitative estimate of drug-likeness (QED) is 0.870. The molecule has 1 saturated carbocycles. The Hall–Kier alpha value is -1.06. The minimum absolute atomic E-state index is 0.0117. The summed E-state index contributed by atoms with van der Waals surface area (Å²) in [7, 11) is 0. The third-order valence-corrected chi connectivity index (χ3v) is 4.68. The van der Waals surface area contributed by atoms with Crippen LogP contribution in [0.4, 0.5) is 0 Å². The average molecular weight is 294 g/mol. The number of piperazine rings is 1. The maximum atomic E-state index is 12.9. The molecule has 2 amide bonds. The minimum Gasteiger partial charge on any atom is -0.342 e. The average Bonchev–Trinajstić information content (AvgIpc) is 2.42. The Morgan fingerprint density at radius 1 is 1.14 bits per heavy atom. The highest BCUT2D eigenvalue weighted by Gasteiger charge is 2.43. The summed E-state index contributed by atoms with van der Waals surface area (Å²) in [4.78, 5) is 27.2. The van der Waals surface area contributed by atoms with Crippen molar-refractivity contribution in [3.8, 4) is 0 Å². The number of carbonyl (C=O) groups is 2. The van der Waals surface area contributed by atoms with Crippen molar-refractivity contribution in [1.82, 2.24) is 10.2 Å². The van der Waals surface area contributed by atoms with E-state index in [4.69, 9.17) is 0 Å². The molecule has 2 unspecified atom stereocenters. The van der Waals surface area contributed by atoms with Crippen LogP contribution in [0.25, 0.3) is 0 Å². The van der Waals surface area contributed by atoms with E-state index in [9.17, 15) is 9.59 Å². The van der Waals surface area contributed by atoms with E-state index in [1.165, 1.54) is 19.3 Å². The van der Waals surface area contributed by atoms with E-state index in [1.54, 1.807) is 0 Å². The lowest BCUT2D eigenvalue weighted by atomic mass is 9.81. The Morgan fingerprint density at radius 2 is 1.76 bits per heavy atom. The van der Waals surface area contributed by atoms with Crippen molar-refractivity contribution in [3.05, 3.63) is 0 Å². The fraction of sp³-hybridized carbons (Fsp3) is 0.882. The summed E-state index contributed by atoms with van der Waals surface area (Å²) in [5, 5.41) is 3.02. The maximum absolute atomic E-state index is 12.9. The van der Waals surface area contributed by atoms with Crippen molar-refractivity contribution >= 4 is 11.8 Å². The lowest BCUT2D eigenvalue weighted by Gasteiger charge is -2.44. The summed E-state index contributed by atoms with van der Waals surface area (Å²) in [6.45, 7) is 8.99. The normalized spacial score (nSPS) is 28.7. The molecular formula is C17H30N2O2. The van der Waals surface area contributed by atoms with Crippen molar-refractivity contribution < 1.29 is 9.59 Å². The number of nitrogens with one attached hydrogen (secondary N) is 1. The Balaban J connectivity index is 2.18. The molecule has 1 N–H and O–H groups in total. The molecule has 1 saturated heterocycles. The zero-order valence-corrected chi connectivity index (χ0v) is 13.9. The van der Waals surface area contributed by atoms with E-state index >= 15 is 0 Å². The number of hydrogen-bond donors (Lipinski definition) is 1. The molecule has 4 heteroatoms. The van der Waals surface area contributed by atoms with Gasteiger partial charge in [0.1, 0.15) is 12.1 Å². The second-order valence-corrected chi connectivity index (χ2v) is 7.84. The Labute approximate surface area is 128 Å². The molecule has 0 radical (unpaired) electrons. The highest BCUT2D eigenvalue weighted by molar-refractivity contribution is 5.97. The first-order valence-corrected chi connectivity index (χ1v) is 8.44. The fourth-order valence-corrected chi connectivity index (χ4v) is 3.68. The lowest BCUT2D eigenvalue weighted by molar-refractivity contribution is -0.153. The van der Waals surface area contributed by atoms with Gasteiger partial charge < -0.3 is 10.2 Å². The summed E-state index contributed by atoms with van der Waals surface area (Å²) in [5.74, 6) is 0.510. The van der Waals surface area contributed by atoms with Gasteiger partial charge >= 0.3 is 0 Å². The van der Waals surface area contributed by atoms with Crippen molar-refractivity contribution in [1.29, 1.82) is 0 Å². The molecule has 1 aliphatic heterocycles. The van der Waals surface area contributed by atoms with Crippen LogP contribution in [-0.2, 0) is 9.59 Å². The van der Waals surface area contributed by atoms with E-state index in [0.717, 1.165) is 12.8 Å². The van der Waals surface area contributed by atoms with Crippen LogP contribution in [-0.4, -0.2) is 35.3 Å². The van der Waals surface area contributed by atoms with E-state index in [0.29, 0.717) is 18.9 Å². The van der Waals surface area contributed by atoms with Crippen LogP contribution in [0.2, 0.25) is 0 Å². The van der Waals surface area contributed by atoms with Gasteiger partial charge in [0, 0.05) is 6.54 Å². The van der Waals surface area contributed by atoms with Gasteiger partial charge in [-0.15, -0.1) is 0 Å². The molecule has 1 heterocycles. The van der Waals surface area contributed by atoms with Gasteiger partial charge in [-0.05, 0) is 30.6 Å². The van der Waals surface area contributed by atoms with Crippen LogP contribution in [0.1, 0.15) is 66.2 Å². The molecular weight excluding hydrogens is 264 g/mol. The number of rotatable bonds is 3. The SMILES string of the molecule is CCC1C(=O)NC(C2CCCCC2)C(=O)N1CC(C)(C)C. The molecule has 120 valence electrons. The molecule has 0 aromatic carbocycles. The van der Waals surface area contributed by atoms with E-state index < -0.39 is 0 Å². The molecule has 4 nitrogen and oxygen atoms in total. The molecule has 0 aromatic rings. The summed E-state index contributed by atoms with van der Waals surface area (Å²) >= 11 is 0. The fourth-order valence-electron chi connectivity index (χ4n) is 3.68. The third kappa shape index (κ3) is 3.78. The monoisotopic (exact) mass is 294 g/mol. The number of carbonyl (C=O) groups excluding carboxylic acids is 2. The molecule has 2 atom stereocenters. The predicted octanol–water partition coefficient (Wildman–Crippen LogP) is 2.72. The first-order chi connectivity index (χ1) is 9.83. The third-order valence-electron chi connectivity index (χ3n) is 4.68. The summed E-state index contributed by atoms with van der Waals surface area (Å²) in [5.41, 5.74) is 0.0117. The Morgan fingerprint density at radius 3 is 2.29 bits per heavy atom. The maximum Gasteiger partial charge on any atom is 0.246 e. The van der Waals surface area contributed by atoms with Crippen molar-refractivity contribution in [2.45, 2.75) is 78.3 Å². The van der Waals surface area contributed by atoms with Crippen LogP contribution < -0.4 is 5.32 Å². The zero-order chi connectivity index (χ0) is 15.6. The molecule has 0 spiro atoms. The topological polar surface area (TPSA) is 49.4 Å². The Bertz CT molecular complexity index is 394. The van der Waals surface area contributed by atoms with Crippen LogP contribution >= 0.6 is 0 Å². The summed E-state index contributed by atoms with van der Waals surface area (Å²) < 4.78 is 0. The zero-order valence-electron chi connectivity index (χ0n) is 13.9. The van der Waals surface area contributed by atoms with E-state index in [2.05, 4.69) is 26.1 Å². The molecule has 2 rings (SSSR count). The molecule has 1 aliphatic carbocycles. The smallest absolute Gasteiger partial charge is 0.246 e. The van der Waals surface area contributed by atoms with Gasteiger partial charge in [-0.3, -0.25) is 9.59 Å². The highest BCUT2D eigenvalue weighted by Crippen LogP contribution is 2.30. The first kappa shape index (κ1) is 16.3. The van der Waals surface area contributed by atoms with Gasteiger partial charge in [-0.2, -0.15) is 0 Å². The standard InChI is InChI=1S/C17H30N2O2/c1-5-13-15(20)18-14(12-9-7-6-8-10-12)16(21)19(13)11-17(2,3)4/h12-14H,5-11H2,1-4H3,(H,18,20). The van der Waals surface area contributed by atoms with Gasteiger partial charge in [0.25, 0.3) is 0 Å². The second-order valence-electron chi connectivity index (χ2n) is 7.84. The molecule has 2 aliphatic rings. The molecule has 0 bridgehead atoms. The van der Waals surface area contributed by atoms with Crippen molar-refractivity contribution in [3.63, 3.8) is 0 Å². The van der Waals surface area contributed by atoms with Crippen LogP contribution in [0, 0.1) is 11.3 Å². The number of hydrogen-bond acceptors (Lipinski definition) is 2. The molecule has 2 fully saturated rings. The Kier molecular flexibility index (Phi) is 4.95. The number of nitrogens with zero attached hydrogens (tertiary/aromatic N) is 1. The van der Waals surface area contributed by atoms with Gasteiger partial charge in [0.15, 0.2) is 0 Å². The summed E-state index contributed by atoms with van der Waals surface area (Å²) in [6.07, 6.45) is 6.44. The second kappa shape index (κ2) is 6.37. The summed E-state index contributed by atoms with van der Waals surface area (Å²) in [6, 6.07) is -0.584. The van der Waals surface area contributed by atoms with Crippen LogP contribution in [0.15, 0.2) is 0 Å². The van der Waals surface area contributed by atoms with Crippen molar-refractivity contribution in [2.75, 3.05) is 6.54 Å². The van der Waals surface area contributed by atoms with Gasteiger partial charge in [-0.25, -0.2) is 0 Å². The lowest BCUT2D eigenvalue weighted by Crippen LogP contribution is -2.66. The highest BCUT2D eigenvalue weighted by atomic mass is 16.2. The van der Waals surface area contributed by atoms with Gasteiger partial charge in [0.05, 0.1) is 0 Å². The molecule has 0 aromatic heterocycles. The van der Waals surface area contributed by atoms with E-state index in [1.807, 2.05) is 11.8 Å². The largest absolute Gasteiger partial charge is 0.342 e. The minimum atomic E-state index is -0.295. The first-order valence-electron chi connectivity index (χ1n) is 8.44. The van der Waals surface area contributed by atoms with E-state index in [-0.39, 0.29) is 29.3 Å². The predicted molar refractivity (Wildman–Crippen MR) is 83.8 cm³/mol. The van der Waals surface area contributed by atoms with Crippen LogP contribution in [0.5, 0.6) is 0 Å². The van der Waals surface area contributed by atoms with Crippen LogP contribution in [0.3, 0.4) is 0 Å². The van der Waals surface area contributed by atoms with Gasteiger partial charge in [-0.1, -0.05) is 47.0 Å². The number of amides is 2. The van der Waals surface area contributed by atoms with Crippen molar-refractivity contribution in [2.24, 2.45) is 11.3 Å². The molecule has 21 heavy (non-hydrogen) atoms. The van der Waals surface area contributed by atoms with Gasteiger partial charge in [0.2, 0.25) is 11.8 Å².